The minimum Gasteiger partial charge on any atom is -0.448 e. The van der Waals surface area contributed by atoms with Crippen LogP contribution in [0, 0.1) is 0 Å². The Morgan fingerprint density at radius 2 is 2.25 bits per heavy atom. The number of nitrogens with one attached hydrogen (secondary N) is 1. The maximum Gasteiger partial charge on any atom is 0.251 e. The van der Waals surface area contributed by atoms with Crippen LogP contribution >= 0.6 is 15.9 Å². The number of carbonyl (C=O) groups excluding carboxylic acids is 1. The van der Waals surface area contributed by atoms with Crippen molar-refractivity contribution in [2.75, 3.05) is 11.9 Å². The van der Waals surface area contributed by atoms with Crippen LogP contribution in [0.2, 0.25) is 0 Å². The molecule has 7 heteroatoms. The molecule has 0 bridgehead atoms. The number of ether oxygens (including phenoxy) is 1. The smallest absolute Gasteiger partial charge is 0.251 e. The van der Waals surface area contributed by atoms with Gasteiger partial charge in [-0.1, -0.05) is 0 Å². The van der Waals surface area contributed by atoms with Crippen LogP contribution in [0.15, 0.2) is 33.6 Å². The highest BCUT2D eigenvalue weighted by Gasteiger charge is 2.09. The summed E-state index contributed by atoms with van der Waals surface area (Å²) in [5, 5.41) is 2.65. The molecule has 0 aliphatic carbocycles. The first kappa shape index (κ1) is 14.7. The van der Waals surface area contributed by atoms with Crippen molar-refractivity contribution in [1.29, 1.82) is 0 Å². The topological polar surface area (TPSA) is 77.2 Å². The van der Waals surface area contributed by atoms with Crippen molar-refractivity contribution in [3.63, 3.8) is 0 Å². The van der Waals surface area contributed by atoms with Gasteiger partial charge in [0.15, 0.2) is 10.4 Å². The van der Waals surface area contributed by atoms with Crippen LogP contribution in [0.1, 0.15) is 13.8 Å². The maximum absolute atomic E-state index is 11.6. The number of halogens is 1. The van der Waals surface area contributed by atoms with Crippen LogP contribution in [0.25, 0.3) is 11.5 Å². The molecule has 6 nitrogen and oxygen atoms in total. The Morgan fingerprint density at radius 1 is 1.45 bits per heavy atom. The third-order valence-electron chi connectivity index (χ3n) is 2.31. The van der Waals surface area contributed by atoms with Gasteiger partial charge >= 0.3 is 0 Å². The number of aromatic nitrogens is 2. The number of rotatable bonds is 5. The van der Waals surface area contributed by atoms with Gasteiger partial charge in [0.05, 0.1) is 6.10 Å². The zero-order valence-corrected chi connectivity index (χ0v) is 12.7. The summed E-state index contributed by atoms with van der Waals surface area (Å²) in [4.78, 5) is 19.7. The molecule has 2 aromatic rings. The summed E-state index contributed by atoms with van der Waals surface area (Å²) in [6.45, 7) is 3.72. The van der Waals surface area contributed by atoms with Gasteiger partial charge in [0, 0.05) is 6.07 Å². The fourth-order valence-electron chi connectivity index (χ4n) is 1.43. The Balaban J connectivity index is 2.05. The Kier molecular flexibility index (Phi) is 4.86. The van der Waals surface area contributed by atoms with Crippen molar-refractivity contribution in [2.24, 2.45) is 0 Å². The van der Waals surface area contributed by atoms with Gasteiger partial charge in [-0.15, -0.1) is 0 Å². The molecule has 1 amide bonds. The first-order chi connectivity index (χ1) is 9.54. The van der Waals surface area contributed by atoms with E-state index in [0.29, 0.717) is 21.9 Å². The summed E-state index contributed by atoms with van der Waals surface area (Å²) in [6.07, 6.45) is 1.37. The third kappa shape index (κ3) is 4.14. The number of furan rings is 1. The molecule has 0 atom stereocenters. The van der Waals surface area contributed by atoms with E-state index in [1.165, 1.54) is 6.33 Å². The van der Waals surface area contributed by atoms with Gasteiger partial charge in [0.25, 0.3) is 5.91 Å². The number of amides is 1. The summed E-state index contributed by atoms with van der Waals surface area (Å²) in [7, 11) is 0. The van der Waals surface area contributed by atoms with Crippen LogP contribution in [0.5, 0.6) is 0 Å². The largest absolute Gasteiger partial charge is 0.448 e. The van der Waals surface area contributed by atoms with E-state index in [9.17, 15) is 4.79 Å². The summed E-state index contributed by atoms with van der Waals surface area (Å²) in [5.41, 5.74) is 0.589. The standard InChI is InChI=1S/C13H14BrN3O3/c1-8(2)19-6-13(18)17-12-5-9(15-7-16-12)10-3-4-11(14)20-10/h3-5,7-8H,6H2,1-2H3,(H,15,16,17,18). The van der Waals surface area contributed by atoms with Crippen molar-refractivity contribution in [3.8, 4) is 11.5 Å². The maximum atomic E-state index is 11.6. The molecule has 0 unspecified atom stereocenters. The second kappa shape index (κ2) is 6.62. The Hall–Kier alpha value is -1.73. The Labute approximate surface area is 124 Å². The Morgan fingerprint density at radius 3 is 2.90 bits per heavy atom. The monoisotopic (exact) mass is 339 g/mol. The van der Waals surface area contributed by atoms with E-state index in [1.54, 1.807) is 18.2 Å². The first-order valence-corrected chi connectivity index (χ1v) is 6.83. The van der Waals surface area contributed by atoms with Gasteiger partial charge < -0.3 is 14.5 Å². The molecule has 2 heterocycles. The van der Waals surface area contributed by atoms with Crippen molar-refractivity contribution in [1.82, 2.24) is 9.97 Å². The van der Waals surface area contributed by atoms with E-state index in [0.717, 1.165) is 0 Å². The minimum absolute atomic E-state index is 0.00202. The third-order valence-corrected chi connectivity index (χ3v) is 2.73. The van der Waals surface area contributed by atoms with E-state index in [4.69, 9.17) is 9.15 Å². The fourth-order valence-corrected chi connectivity index (χ4v) is 1.74. The molecule has 0 fully saturated rings. The average molecular weight is 340 g/mol. The number of anilines is 1. The molecular weight excluding hydrogens is 326 g/mol. The predicted octanol–water partition coefficient (Wildman–Crippen LogP) is 2.86. The van der Waals surface area contributed by atoms with Gasteiger partial charge in [0.1, 0.15) is 24.4 Å². The quantitative estimate of drug-likeness (QED) is 0.906. The second-order valence-corrected chi connectivity index (χ2v) is 5.08. The molecule has 0 aliphatic rings. The lowest BCUT2D eigenvalue weighted by Crippen LogP contribution is -2.21. The molecule has 2 aromatic heterocycles. The van der Waals surface area contributed by atoms with Gasteiger partial charge in [-0.3, -0.25) is 4.79 Å². The fraction of sp³-hybridized carbons (Fsp3) is 0.308. The molecule has 20 heavy (non-hydrogen) atoms. The van der Waals surface area contributed by atoms with Gasteiger partial charge in [0.2, 0.25) is 0 Å². The van der Waals surface area contributed by atoms with Crippen LogP contribution in [0.4, 0.5) is 5.82 Å². The highest BCUT2D eigenvalue weighted by molar-refractivity contribution is 9.10. The van der Waals surface area contributed by atoms with Crippen LogP contribution < -0.4 is 5.32 Å². The summed E-state index contributed by atoms with van der Waals surface area (Å²) in [6, 6.07) is 5.19. The van der Waals surface area contributed by atoms with Crippen molar-refractivity contribution >= 4 is 27.7 Å². The molecule has 0 radical (unpaired) electrons. The van der Waals surface area contributed by atoms with Gasteiger partial charge in [-0.2, -0.15) is 0 Å². The van der Waals surface area contributed by atoms with E-state index in [-0.39, 0.29) is 18.6 Å². The van der Waals surface area contributed by atoms with Crippen molar-refractivity contribution in [2.45, 2.75) is 20.0 Å². The predicted molar refractivity (Wildman–Crippen MR) is 77.2 cm³/mol. The lowest BCUT2D eigenvalue weighted by molar-refractivity contribution is -0.121. The van der Waals surface area contributed by atoms with Gasteiger partial charge in [-0.25, -0.2) is 9.97 Å². The number of hydrogen-bond acceptors (Lipinski definition) is 5. The minimum atomic E-state index is -0.260. The van der Waals surface area contributed by atoms with E-state index in [2.05, 4.69) is 31.2 Å². The number of carbonyl (C=O) groups is 1. The SMILES string of the molecule is CC(C)OCC(=O)Nc1cc(-c2ccc(Br)o2)ncn1. The van der Waals surface area contributed by atoms with E-state index >= 15 is 0 Å². The molecule has 2 rings (SSSR count). The molecule has 0 spiro atoms. The molecule has 1 N–H and O–H groups in total. The first-order valence-electron chi connectivity index (χ1n) is 6.04. The second-order valence-electron chi connectivity index (χ2n) is 4.30. The molecule has 106 valence electrons. The van der Waals surface area contributed by atoms with Gasteiger partial charge in [-0.05, 0) is 41.9 Å². The highest BCUT2D eigenvalue weighted by atomic mass is 79.9. The average Bonchev–Trinajstić information content (AvgIpc) is 2.83. The summed E-state index contributed by atoms with van der Waals surface area (Å²) < 4.78 is 11.2. The normalized spacial score (nSPS) is 10.8. The highest BCUT2D eigenvalue weighted by Crippen LogP contribution is 2.24. The molecular formula is C13H14BrN3O3. The van der Waals surface area contributed by atoms with Crippen LogP contribution in [-0.2, 0) is 9.53 Å². The number of nitrogens with zero attached hydrogens (tertiary/aromatic N) is 2. The molecule has 0 aromatic carbocycles. The Bertz CT molecular complexity index is 598. The van der Waals surface area contributed by atoms with Crippen LogP contribution in [-0.4, -0.2) is 28.6 Å². The molecule has 0 aliphatic heterocycles. The summed E-state index contributed by atoms with van der Waals surface area (Å²) >= 11 is 3.23. The van der Waals surface area contributed by atoms with Crippen molar-refractivity contribution in [3.05, 3.63) is 29.2 Å². The van der Waals surface area contributed by atoms with Crippen molar-refractivity contribution < 1.29 is 13.9 Å². The summed E-state index contributed by atoms with van der Waals surface area (Å²) in [5.74, 6) is 0.733. The number of hydrogen-bond donors (Lipinski definition) is 1. The lowest BCUT2D eigenvalue weighted by atomic mass is 10.3. The molecule has 0 saturated heterocycles. The molecule has 0 saturated carbocycles. The van der Waals surface area contributed by atoms with Crippen LogP contribution in [0.3, 0.4) is 0 Å². The van der Waals surface area contributed by atoms with E-state index in [1.807, 2.05) is 13.8 Å². The van der Waals surface area contributed by atoms with E-state index < -0.39 is 0 Å². The lowest BCUT2D eigenvalue weighted by Gasteiger charge is -2.08. The zero-order valence-electron chi connectivity index (χ0n) is 11.1. The zero-order chi connectivity index (χ0) is 14.5.